The van der Waals surface area contributed by atoms with E-state index in [1.807, 2.05) is 30.3 Å². The van der Waals surface area contributed by atoms with Gasteiger partial charge in [0, 0.05) is 10.5 Å². The van der Waals surface area contributed by atoms with E-state index in [0.717, 1.165) is 42.3 Å². The van der Waals surface area contributed by atoms with Crippen molar-refractivity contribution in [1.29, 1.82) is 0 Å². The maximum absolute atomic E-state index is 12.1. The lowest BCUT2D eigenvalue weighted by molar-refractivity contribution is -0.109. The first kappa shape index (κ1) is 14.4. The molecule has 0 saturated heterocycles. The highest BCUT2D eigenvalue weighted by molar-refractivity contribution is 8.14. The van der Waals surface area contributed by atoms with Gasteiger partial charge in [0.25, 0.3) is 0 Å². The van der Waals surface area contributed by atoms with E-state index in [0.29, 0.717) is 5.57 Å². The lowest BCUT2D eigenvalue weighted by atomic mass is 9.83. The van der Waals surface area contributed by atoms with Crippen LogP contribution in [0.4, 0.5) is 0 Å². The van der Waals surface area contributed by atoms with Gasteiger partial charge >= 0.3 is 0 Å². The van der Waals surface area contributed by atoms with Crippen LogP contribution < -0.4 is 0 Å². The van der Waals surface area contributed by atoms with Crippen molar-refractivity contribution in [2.45, 2.75) is 43.1 Å². The van der Waals surface area contributed by atoms with Crippen molar-refractivity contribution in [3.8, 4) is 0 Å². The van der Waals surface area contributed by atoms with Crippen LogP contribution in [0.2, 0.25) is 0 Å². The first-order chi connectivity index (χ1) is 9.18. The average Bonchev–Trinajstić information content (AvgIpc) is 2.47. The molecule has 0 spiro atoms. The molecule has 1 aromatic rings. The van der Waals surface area contributed by atoms with Crippen molar-refractivity contribution >= 4 is 16.9 Å². The van der Waals surface area contributed by atoms with Gasteiger partial charge in [0.05, 0.1) is 6.10 Å². The Labute approximate surface area is 118 Å². The third-order valence-electron chi connectivity index (χ3n) is 3.67. The van der Waals surface area contributed by atoms with Gasteiger partial charge in [-0.3, -0.25) is 4.79 Å². The summed E-state index contributed by atoms with van der Waals surface area (Å²) in [5, 5.41) is 10.1. The smallest absolute Gasteiger partial charge is 0.222 e. The molecule has 1 aromatic carbocycles. The zero-order valence-corrected chi connectivity index (χ0v) is 11.9. The van der Waals surface area contributed by atoms with Crippen molar-refractivity contribution < 1.29 is 9.90 Å². The Morgan fingerprint density at radius 2 is 1.84 bits per heavy atom. The maximum Gasteiger partial charge on any atom is 0.222 e. The monoisotopic (exact) mass is 276 g/mol. The molecule has 0 radical (unpaired) electrons. The number of aliphatic hydroxyl groups excluding tert-OH is 1. The second-order valence-electron chi connectivity index (χ2n) is 5.07. The molecule has 3 heteroatoms. The third kappa shape index (κ3) is 3.95. The number of hydrogen-bond donors (Lipinski definition) is 1. The van der Waals surface area contributed by atoms with E-state index in [1.165, 1.54) is 6.42 Å². The first-order valence-electron chi connectivity index (χ1n) is 6.82. The number of aliphatic hydroxyl groups is 1. The molecular weight excluding hydrogens is 256 g/mol. The molecule has 1 N–H and O–H groups in total. The van der Waals surface area contributed by atoms with Crippen molar-refractivity contribution in [2.24, 2.45) is 5.92 Å². The zero-order chi connectivity index (χ0) is 13.7. The second kappa shape index (κ2) is 6.92. The van der Waals surface area contributed by atoms with Crippen LogP contribution in [0.1, 0.15) is 32.1 Å². The third-order valence-corrected chi connectivity index (χ3v) is 4.62. The molecule has 1 aliphatic carbocycles. The topological polar surface area (TPSA) is 37.3 Å². The fourth-order valence-corrected chi connectivity index (χ4v) is 3.28. The normalized spacial score (nSPS) is 17.9. The highest BCUT2D eigenvalue weighted by atomic mass is 32.2. The van der Waals surface area contributed by atoms with E-state index >= 15 is 0 Å². The quantitative estimate of drug-likeness (QED) is 0.671. The lowest BCUT2D eigenvalue weighted by Crippen LogP contribution is -2.27. The molecule has 1 unspecified atom stereocenters. The summed E-state index contributed by atoms with van der Waals surface area (Å²) in [6.45, 7) is 3.81. The van der Waals surface area contributed by atoms with Crippen molar-refractivity contribution in [3.63, 3.8) is 0 Å². The molecule has 19 heavy (non-hydrogen) atoms. The second-order valence-corrected chi connectivity index (χ2v) is 6.12. The molecular formula is C16H20O2S. The lowest BCUT2D eigenvalue weighted by Gasteiger charge is -2.27. The summed E-state index contributed by atoms with van der Waals surface area (Å²) < 4.78 is 0. The molecule has 1 fully saturated rings. The van der Waals surface area contributed by atoms with Gasteiger partial charge in [-0.1, -0.05) is 44.0 Å². The molecule has 0 amide bonds. The minimum atomic E-state index is -0.677. The van der Waals surface area contributed by atoms with E-state index in [9.17, 15) is 9.90 Å². The zero-order valence-electron chi connectivity index (χ0n) is 11.0. The van der Waals surface area contributed by atoms with Crippen molar-refractivity contribution in [3.05, 3.63) is 42.5 Å². The highest BCUT2D eigenvalue weighted by Crippen LogP contribution is 2.31. The summed E-state index contributed by atoms with van der Waals surface area (Å²) in [4.78, 5) is 13.0. The minimum absolute atomic E-state index is 0.121. The van der Waals surface area contributed by atoms with Gasteiger partial charge in [-0.25, -0.2) is 0 Å². The summed E-state index contributed by atoms with van der Waals surface area (Å²) in [5.74, 6) is 0.210. The van der Waals surface area contributed by atoms with Crippen molar-refractivity contribution in [1.82, 2.24) is 0 Å². The van der Waals surface area contributed by atoms with Gasteiger partial charge < -0.3 is 5.11 Å². The van der Waals surface area contributed by atoms with Gasteiger partial charge in [0.2, 0.25) is 5.12 Å². The Hall–Kier alpha value is -1.06. The van der Waals surface area contributed by atoms with Gasteiger partial charge in [-0.2, -0.15) is 0 Å². The summed E-state index contributed by atoms with van der Waals surface area (Å²) in [5.41, 5.74) is 0.348. The van der Waals surface area contributed by atoms with Crippen molar-refractivity contribution in [2.75, 3.05) is 0 Å². The number of carbonyl (C=O) groups excluding carboxylic acids is 1. The van der Waals surface area contributed by atoms with E-state index < -0.39 is 6.10 Å². The molecule has 0 aliphatic heterocycles. The van der Waals surface area contributed by atoms with E-state index in [1.54, 1.807) is 0 Å². The predicted octanol–water partition coefficient (Wildman–Crippen LogP) is 3.80. The van der Waals surface area contributed by atoms with Crippen LogP contribution in [-0.2, 0) is 4.79 Å². The average molecular weight is 276 g/mol. The SMILES string of the molecule is C=C(C(=O)Sc1ccccc1)C(O)C1CCCCC1. The summed E-state index contributed by atoms with van der Waals surface area (Å²) >= 11 is 1.15. The number of benzene rings is 1. The number of thioether (sulfide) groups is 1. The van der Waals surface area contributed by atoms with Crippen LogP contribution in [0.25, 0.3) is 0 Å². The Morgan fingerprint density at radius 1 is 1.21 bits per heavy atom. The van der Waals surface area contributed by atoms with Gasteiger partial charge in [-0.15, -0.1) is 0 Å². The largest absolute Gasteiger partial charge is 0.388 e. The van der Waals surface area contributed by atoms with E-state index in [4.69, 9.17) is 0 Å². The summed E-state index contributed by atoms with van der Waals surface area (Å²) in [6.07, 6.45) is 4.86. The van der Waals surface area contributed by atoms with Gasteiger partial charge in [0.1, 0.15) is 0 Å². The summed E-state index contributed by atoms with van der Waals surface area (Å²) in [7, 11) is 0. The number of carbonyl (C=O) groups is 1. The maximum atomic E-state index is 12.1. The van der Waals surface area contributed by atoms with Gasteiger partial charge in [-0.05, 0) is 42.7 Å². The van der Waals surface area contributed by atoms with Crippen LogP contribution in [0.3, 0.4) is 0 Å². The van der Waals surface area contributed by atoms with Crippen LogP contribution >= 0.6 is 11.8 Å². The molecule has 1 saturated carbocycles. The first-order valence-corrected chi connectivity index (χ1v) is 7.64. The molecule has 2 rings (SSSR count). The standard InChI is InChI=1S/C16H20O2S/c1-12(15(17)13-8-4-2-5-9-13)16(18)19-14-10-6-3-7-11-14/h3,6-7,10-11,13,15,17H,1-2,4-5,8-9H2. The van der Waals surface area contributed by atoms with Crippen LogP contribution in [-0.4, -0.2) is 16.3 Å². The fourth-order valence-electron chi connectivity index (χ4n) is 2.52. The Bertz CT molecular complexity index is 435. The number of hydrogen-bond acceptors (Lipinski definition) is 3. The Balaban J connectivity index is 1.93. The van der Waals surface area contributed by atoms with Crippen LogP contribution in [0.5, 0.6) is 0 Å². The van der Waals surface area contributed by atoms with E-state index in [-0.39, 0.29) is 11.0 Å². The molecule has 1 aliphatic rings. The Morgan fingerprint density at radius 3 is 2.47 bits per heavy atom. The Kier molecular flexibility index (Phi) is 5.23. The molecule has 102 valence electrons. The highest BCUT2D eigenvalue weighted by Gasteiger charge is 2.27. The number of rotatable bonds is 4. The molecule has 0 aromatic heterocycles. The molecule has 2 nitrogen and oxygen atoms in total. The minimum Gasteiger partial charge on any atom is -0.388 e. The molecule has 0 heterocycles. The molecule has 1 atom stereocenters. The van der Waals surface area contributed by atoms with Crippen LogP contribution in [0.15, 0.2) is 47.4 Å². The van der Waals surface area contributed by atoms with Crippen LogP contribution in [0, 0.1) is 5.92 Å². The molecule has 0 bridgehead atoms. The fraction of sp³-hybridized carbons (Fsp3) is 0.438. The van der Waals surface area contributed by atoms with E-state index in [2.05, 4.69) is 6.58 Å². The predicted molar refractivity (Wildman–Crippen MR) is 79.0 cm³/mol. The summed E-state index contributed by atoms with van der Waals surface area (Å²) in [6, 6.07) is 9.50. The van der Waals surface area contributed by atoms with Gasteiger partial charge in [0.15, 0.2) is 0 Å².